The lowest BCUT2D eigenvalue weighted by molar-refractivity contribution is 0.0708. The molecule has 2 heterocycles. The fraction of sp³-hybridized carbons (Fsp3) is 0.692. The molecule has 19 heavy (non-hydrogen) atoms. The number of hydrogen-bond donors (Lipinski definition) is 2. The summed E-state index contributed by atoms with van der Waals surface area (Å²) in [5.41, 5.74) is 5.74. The second-order valence-corrected chi connectivity index (χ2v) is 4.87. The Morgan fingerprint density at radius 2 is 2.42 bits per heavy atom. The first-order valence-corrected chi connectivity index (χ1v) is 6.77. The first-order valence-electron chi connectivity index (χ1n) is 6.77. The normalized spacial score (nSPS) is 23.6. The number of aryl methyl sites for hydroxylation is 1. The summed E-state index contributed by atoms with van der Waals surface area (Å²) in [6.45, 7) is 3.33. The molecule has 3 N–H and O–H groups in total. The maximum absolute atomic E-state index is 11.6. The monoisotopic (exact) mass is 266 g/mol. The first-order chi connectivity index (χ1) is 9.17. The average molecular weight is 266 g/mol. The van der Waals surface area contributed by atoms with Crippen molar-refractivity contribution in [3.05, 3.63) is 22.2 Å². The summed E-state index contributed by atoms with van der Waals surface area (Å²) in [7, 11) is 1.73. The molecule has 0 saturated carbocycles. The molecular weight excluding hydrogens is 244 g/mol. The van der Waals surface area contributed by atoms with Crippen LogP contribution in [0.3, 0.4) is 0 Å². The molecule has 1 aliphatic heterocycles. The van der Waals surface area contributed by atoms with E-state index in [1.165, 1.54) is 0 Å². The number of hydrogen-bond acceptors (Lipinski definition) is 5. The number of ether oxygens (including phenoxy) is 1. The van der Waals surface area contributed by atoms with Crippen LogP contribution in [0.2, 0.25) is 0 Å². The number of aromatic nitrogens is 2. The molecule has 0 aromatic carbocycles. The van der Waals surface area contributed by atoms with Crippen LogP contribution in [0.15, 0.2) is 10.9 Å². The van der Waals surface area contributed by atoms with E-state index >= 15 is 0 Å². The van der Waals surface area contributed by atoms with Crippen molar-refractivity contribution in [2.45, 2.75) is 38.3 Å². The fourth-order valence-corrected chi connectivity index (χ4v) is 2.56. The van der Waals surface area contributed by atoms with E-state index in [9.17, 15) is 4.79 Å². The molecule has 1 fully saturated rings. The highest BCUT2D eigenvalue weighted by atomic mass is 16.5. The molecule has 0 amide bonds. The van der Waals surface area contributed by atoms with Crippen LogP contribution in [0, 0.1) is 0 Å². The molecule has 6 nitrogen and oxygen atoms in total. The molecule has 0 radical (unpaired) electrons. The Morgan fingerprint density at radius 1 is 1.63 bits per heavy atom. The van der Waals surface area contributed by atoms with Gasteiger partial charge in [0.25, 0.3) is 5.56 Å². The molecule has 1 aliphatic rings. The van der Waals surface area contributed by atoms with Gasteiger partial charge in [-0.15, -0.1) is 0 Å². The number of nitrogens with two attached hydrogens (primary N) is 1. The van der Waals surface area contributed by atoms with Crippen LogP contribution in [0.1, 0.15) is 25.6 Å². The van der Waals surface area contributed by atoms with Crippen molar-refractivity contribution in [3.8, 4) is 0 Å². The zero-order valence-electron chi connectivity index (χ0n) is 11.6. The van der Waals surface area contributed by atoms with Crippen LogP contribution in [0.4, 0.5) is 5.82 Å². The second kappa shape index (κ2) is 6.16. The van der Waals surface area contributed by atoms with Gasteiger partial charge in [-0.1, -0.05) is 6.92 Å². The maximum atomic E-state index is 11.6. The van der Waals surface area contributed by atoms with Gasteiger partial charge in [0.2, 0.25) is 0 Å². The highest BCUT2D eigenvalue weighted by Gasteiger charge is 2.28. The highest BCUT2D eigenvalue weighted by molar-refractivity contribution is 5.40. The minimum Gasteiger partial charge on any atom is -0.381 e. The van der Waals surface area contributed by atoms with Gasteiger partial charge >= 0.3 is 0 Å². The van der Waals surface area contributed by atoms with Crippen molar-refractivity contribution in [1.29, 1.82) is 0 Å². The van der Waals surface area contributed by atoms with E-state index in [-0.39, 0.29) is 17.7 Å². The van der Waals surface area contributed by atoms with E-state index in [4.69, 9.17) is 10.5 Å². The van der Waals surface area contributed by atoms with Gasteiger partial charge in [0.05, 0.1) is 6.10 Å². The molecule has 2 unspecified atom stereocenters. The number of piperidine rings is 1. The van der Waals surface area contributed by atoms with Crippen LogP contribution in [0.25, 0.3) is 0 Å². The van der Waals surface area contributed by atoms with E-state index in [0.717, 1.165) is 25.2 Å². The van der Waals surface area contributed by atoms with Crippen molar-refractivity contribution in [3.63, 3.8) is 0 Å². The van der Waals surface area contributed by atoms with Crippen LogP contribution in [-0.4, -0.2) is 42.3 Å². The Labute approximate surface area is 113 Å². The Bertz CT molecular complexity index is 474. The minimum absolute atomic E-state index is 0.105. The van der Waals surface area contributed by atoms with E-state index < -0.39 is 0 Å². The van der Waals surface area contributed by atoms with Gasteiger partial charge in [-0.2, -0.15) is 0 Å². The van der Waals surface area contributed by atoms with Gasteiger partial charge in [-0.25, -0.2) is 4.98 Å². The molecule has 6 heteroatoms. The van der Waals surface area contributed by atoms with Gasteiger partial charge < -0.3 is 20.4 Å². The summed E-state index contributed by atoms with van der Waals surface area (Å²) in [5.74, 6) is 1.44. The summed E-state index contributed by atoms with van der Waals surface area (Å²) in [5, 5.41) is 0. The topological polar surface area (TPSA) is 84.2 Å². The predicted molar refractivity (Wildman–Crippen MR) is 74.5 cm³/mol. The standard InChI is InChI=1S/C13H22N4O2/c1-3-11-15-12(7-13(18)16-11)17-5-4-10(19-2)6-9(17)8-14/h7,9-10H,3-6,8,14H2,1-2H3,(H,15,16,18). The van der Waals surface area contributed by atoms with E-state index in [0.29, 0.717) is 18.8 Å². The van der Waals surface area contributed by atoms with Gasteiger partial charge in [0, 0.05) is 38.7 Å². The number of rotatable bonds is 4. The third kappa shape index (κ3) is 3.13. The summed E-state index contributed by atoms with van der Waals surface area (Å²) in [4.78, 5) is 21.0. The highest BCUT2D eigenvalue weighted by Crippen LogP contribution is 2.23. The van der Waals surface area contributed by atoms with Crippen LogP contribution in [0.5, 0.6) is 0 Å². The van der Waals surface area contributed by atoms with Crippen LogP contribution < -0.4 is 16.2 Å². The smallest absolute Gasteiger partial charge is 0.252 e. The van der Waals surface area contributed by atoms with Crippen LogP contribution in [-0.2, 0) is 11.2 Å². The van der Waals surface area contributed by atoms with Gasteiger partial charge in [0.1, 0.15) is 11.6 Å². The van der Waals surface area contributed by atoms with Crippen LogP contribution >= 0.6 is 0 Å². The minimum atomic E-state index is -0.105. The Kier molecular flexibility index (Phi) is 4.55. The Balaban J connectivity index is 2.25. The van der Waals surface area contributed by atoms with Crippen molar-refractivity contribution >= 4 is 5.82 Å². The SMILES string of the molecule is CCc1nc(N2CCC(OC)CC2CN)cc(=O)[nH]1. The number of aromatic amines is 1. The maximum Gasteiger partial charge on any atom is 0.252 e. The van der Waals surface area contributed by atoms with Gasteiger partial charge in [0.15, 0.2) is 0 Å². The molecule has 1 saturated heterocycles. The number of H-pyrrole nitrogens is 1. The third-order valence-electron chi connectivity index (χ3n) is 3.68. The lowest BCUT2D eigenvalue weighted by atomic mass is 9.99. The zero-order valence-corrected chi connectivity index (χ0v) is 11.6. The predicted octanol–water partition coefficient (Wildman–Crippen LogP) is 0.275. The number of anilines is 1. The molecule has 1 aromatic heterocycles. The van der Waals surface area contributed by atoms with E-state index in [2.05, 4.69) is 14.9 Å². The average Bonchev–Trinajstić information content (AvgIpc) is 2.45. The molecule has 106 valence electrons. The summed E-state index contributed by atoms with van der Waals surface area (Å²) in [6, 6.07) is 1.73. The van der Waals surface area contributed by atoms with Crippen molar-refractivity contribution in [2.24, 2.45) is 5.73 Å². The number of methoxy groups -OCH3 is 1. The molecule has 0 aliphatic carbocycles. The molecule has 0 spiro atoms. The number of nitrogens with one attached hydrogen (secondary N) is 1. The van der Waals surface area contributed by atoms with Gasteiger partial charge in [-0.3, -0.25) is 4.79 Å². The molecule has 2 rings (SSSR count). The summed E-state index contributed by atoms with van der Waals surface area (Å²) in [6.07, 6.45) is 2.77. The lowest BCUT2D eigenvalue weighted by Crippen LogP contribution is -2.49. The second-order valence-electron chi connectivity index (χ2n) is 4.87. The summed E-state index contributed by atoms with van der Waals surface area (Å²) < 4.78 is 5.41. The van der Waals surface area contributed by atoms with E-state index in [1.807, 2.05) is 6.92 Å². The number of nitrogens with zero attached hydrogens (tertiary/aromatic N) is 2. The molecule has 0 bridgehead atoms. The Morgan fingerprint density at radius 3 is 3.05 bits per heavy atom. The largest absolute Gasteiger partial charge is 0.381 e. The van der Waals surface area contributed by atoms with Crippen molar-refractivity contribution < 1.29 is 4.74 Å². The fourth-order valence-electron chi connectivity index (χ4n) is 2.56. The van der Waals surface area contributed by atoms with Gasteiger partial charge in [-0.05, 0) is 12.8 Å². The summed E-state index contributed by atoms with van der Waals surface area (Å²) >= 11 is 0. The quantitative estimate of drug-likeness (QED) is 0.817. The Hall–Kier alpha value is -1.40. The van der Waals surface area contributed by atoms with E-state index in [1.54, 1.807) is 13.2 Å². The van der Waals surface area contributed by atoms with Crippen molar-refractivity contribution in [2.75, 3.05) is 25.1 Å². The third-order valence-corrected chi connectivity index (χ3v) is 3.68. The van der Waals surface area contributed by atoms with Crippen molar-refractivity contribution in [1.82, 2.24) is 9.97 Å². The molecule has 1 aromatic rings. The molecule has 2 atom stereocenters. The first kappa shape index (κ1) is 14.0. The zero-order chi connectivity index (χ0) is 13.8. The lowest BCUT2D eigenvalue weighted by Gasteiger charge is -2.39. The molecular formula is C13H22N4O2.